The molecule has 0 fully saturated rings. The smallest absolute Gasteiger partial charge is 0.241 e. The van der Waals surface area contributed by atoms with Gasteiger partial charge in [-0.15, -0.1) is 0 Å². The van der Waals surface area contributed by atoms with Gasteiger partial charge in [-0.2, -0.15) is 0 Å². The fourth-order valence-electron chi connectivity index (χ4n) is 1.31. The fraction of sp³-hybridized carbons (Fsp3) is 0.818. The molecule has 4 heteroatoms. The Balaban J connectivity index is 3.96. The van der Waals surface area contributed by atoms with Gasteiger partial charge >= 0.3 is 0 Å². The second-order valence-corrected chi connectivity index (χ2v) is 3.51. The summed E-state index contributed by atoms with van der Waals surface area (Å²) in [6, 6.07) is 0. The molecule has 4 nitrogen and oxygen atoms in total. The summed E-state index contributed by atoms with van der Waals surface area (Å²) in [5.74, 6) is -0.0585. The molecule has 0 aliphatic carbocycles. The Hall–Kier alpha value is -1.06. The highest BCUT2D eigenvalue weighted by Crippen LogP contribution is 1.94. The third-order valence-corrected chi connectivity index (χ3v) is 2.10. The number of nitrogens with zero attached hydrogens (tertiary/aromatic N) is 1. The molecule has 0 saturated heterocycles. The molecule has 0 atom stereocenters. The van der Waals surface area contributed by atoms with Crippen LogP contribution < -0.4 is 5.32 Å². The van der Waals surface area contributed by atoms with Crippen molar-refractivity contribution in [3.8, 4) is 0 Å². The van der Waals surface area contributed by atoms with E-state index in [-0.39, 0.29) is 18.4 Å². The Morgan fingerprint density at radius 2 is 1.60 bits per heavy atom. The van der Waals surface area contributed by atoms with Gasteiger partial charge < -0.3 is 10.2 Å². The molecule has 0 unspecified atom stereocenters. The summed E-state index contributed by atoms with van der Waals surface area (Å²) in [6.45, 7) is 7.53. The largest absolute Gasteiger partial charge is 0.347 e. The van der Waals surface area contributed by atoms with Crippen LogP contribution in [0.15, 0.2) is 0 Å². The molecule has 0 aliphatic heterocycles. The van der Waals surface area contributed by atoms with Crippen molar-refractivity contribution in [2.24, 2.45) is 0 Å². The van der Waals surface area contributed by atoms with Crippen molar-refractivity contribution in [2.75, 3.05) is 19.6 Å². The summed E-state index contributed by atoms with van der Waals surface area (Å²) < 4.78 is 0. The van der Waals surface area contributed by atoms with Gasteiger partial charge in [-0.1, -0.05) is 20.8 Å². The van der Waals surface area contributed by atoms with E-state index in [9.17, 15) is 9.59 Å². The summed E-state index contributed by atoms with van der Waals surface area (Å²) in [7, 11) is 0. The molecule has 0 aliphatic rings. The van der Waals surface area contributed by atoms with Crippen molar-refractivity contribution in [3.63, 3.8) is 0 Å². The van der Waals surface area contributed by atoms with Crippen LogP contribution in [0, 0.1) is 0 Å². The van der Waals surface area contributed by atoms with Crippen molar-refractivity contribution in [1.82, 2.24) is 10.2 Å². The minimum atomic E-state index is -0.0729. The molecule has 0 aromatic heterocycles. The van der Waals surface area contributed by atoms with E-state index in [1.165, 1.54) is 0 Å². The molecule has 88 valence electrons. The maximum Gasteiger partial charge on any atom is 0.241 e. The number of carbonyl (C=O) groups excluding carboxylic acids is 2. The van der Waals surface area contributed by atoms with Crippen LogP contribution in [0.25, 0.3) is 0 Å². The van der Waals surface area contributed by atoms with Gasteiger partial charge in [0.1, 0.15) is 0 Å². The third kappa shape index (κ3) is 6.10. The van der Waals surface area contributed by atoms with Crippen molar-refractivity contribution in [1.29, 1.82) is 0 Å². The Morgan fingerprint density at radius 1 is 1.07 bits per heavy atom. The normalized spacial score (nSPS) is 9.80. The van der Waals surface area contributed by atoms with Gasteiger partial charge in [0, 0.05) is 19.5 Å². The third-order valence-electron chi connectivity index (χ3n) is 2.10. The lowest BCUT2D eigenvalue weighted by Crippen LogP contribution is -2.40. The molecule has 1 N–H and O–H groups in total. The molecule has 0 bridgehead atoms. The topological polar surface area (TPSA) is 49.4 Å². The van der Waals surface area contributed by atoms with Crippen LogP contribution in [0.1, 0.15) is 40.0 Å². The van der Waals surface area contributed by atoms with E-state index >= 15 is 0 Å². The summed E-state index contributed by atoms with van der Waals surface area (Å²) in [6.07, 6.45) is 2.33. The molecular weight excluding hydrogens is 192 g/mol. The average Bonchev–Trinajstić information content (AvgIpc) is 2.25. The Kier molecular flexibility index (Phi) is 7.68. The Labute approximate surface area is 92.0 Å². The first-order chi connectivity index (χ1) is 7.15. The van der Waals surface area contributed by atoms with E-state index in [4.69, 9.17) is 0 Å². The molecule has 0 radical (unpaired) electrons. The van der Waals surface area contributed by atoms with Gasteiger partial charge in [-0.05, 0) is 12.8 Å². The quantitative estimate of drug-likeness (QED) is 0.691. The minimum Gasteiger partial charge on any atom is -0.347 e. The highest BCUT2D eigenvalue weighted by Gasteiger charge is 2.11. The maximum absolute atomic E-state index is 11.7. The van der Waals surface area contributed by atoms with E-state index in [1.807, 2.05) is 13.8 Å². The van der Waals surface area contributed by atoms with E-state index in [0.29, 0.717) is 6.42 Å². The first-order valence-corrected chi connectivity index (χ1v) is 5.70. The maximum atomic E-state index is 11.7. The SMILES string of the molecule is CCCN(CCC)C(=O)CNC(=O)CC. The van der Waals surface area contributed by atoms with Gasteiger partial charge in [-0.25, -0.2) is 0 Å². The predicted molar refractivity (Wildman–Crippen MR) is 60.5 cm³/mol. The summed E-state index contributed by atoms with van der Waals surface area (Å²) in [5, 5.41) is 2.60. The molecule has 0 rings (SSSR count). The zero-order valence-corrected chi connectivity index (χ0v) is 10.0. The van der Waals surface area contributed by atoms with Crippen LogP contribution in [-0.4, -0.2) is 36.3 Å². The second-order valence-electron chi connectivity index (χ2n) is 3.51. The molecular formula is C11H22N2O2. The lowest BCUT2D eigenvalue weighted by molar-refractivity contribution is -0.132. The summed E-state index contributed by atoms with van der Waals surface area (Å²) >= 11 is 0. The zero-order chi connectivity index (χ0) is 11.7. The minimum absolute atomic E-state index is 0.0144. The number of amides is 2. The first-order valence-electron chi connectivity index (χ1n) is 5.70. The molecule has 0 aromatic rings. The summed E-state index contributed by atoms with van der Waals surface area (Å²) in [4.78, 5) is 24.4. The van der Waals surface area contributed by atoms with E-state index in [1.54, 1.807) is 11.8 Å². The lowest BCUT2D eigenvalue weighted by atomic mass is 10.3. The molecule has 0 aromatic carbocycles. The van der Waals surface area contributed by atoms with Gasteiger partial charge in [-0.3, -0.25) is 9.59 Å². The van der Waals surface area contributed by atoms with Crippen LogP contribution in [-0.2, 0) is 9.59 Å². The van der Waals surface area contributed by atoms with E-state index in [2.05, 4.69) is 5.32 Å². The zero-order valence-electron chi connectivity index (χ0n) is 10.0. The van der Waals surface area contributed by atoms with Crippen molar-refractivity contribution in [3.05, 3.63) is 0 Å². The molecule has 0 saturated carbocycles. The van der Waals surface area contributed by atoms with Crippen LogP contribution in [0.3, 0.4) is 0 Å². The van der Waals surface area contributed by atoms with Crippen LogP contribution in [0.2, 0.25) is 0 Å². The predicted octanol–water partition coefficient (Wildman–Crippen LogP) is 1.16. The van der Waals surface area contributed by atoms with Crippen molar-refractivity contribution in [2.45, 2.75) is 40.0 Å². The van der Waals surface area contributed by atoms with Crippen LogP contribution in [0.4, 0.5) is 0 Å². The number of nitrogens with one attached hydrogen (secondary N) is 1. The van der Waals surface area contributed by atoms with Crippen molar-refractivity contribution < 1.29 is 9.59 Å². The molecule has 2 amide bonds. The standard InChI is InChI=1S/C11H22N2O2/c1-4-7-13(8-5-2)11(15)9-12-10(14)6-3/h4-9H2,1-3H3,(H,12,14). The Morgan fingerprint density at radius 3 is 2.00 bits per heavy atom. The number of hydrogen-bond donors (Lipinski definition) is 1. The van der Waals surface area contributed by atoms with E-state index in [0.717, 1.165) is 25.9 Å². The van der Waals surface area contributed by atoms with Gasteiger partial charge in [0.15, 0.2) is 0 Å². The number of rotatable bonds is 7. The van der Waals surface area contributed by atoms with Crippen LogP contribution in [0.5, 0.6) is 0 Å². The first kappa shape index (κ1) is 13.9. The highest BCUT2D eigenvalue weighted by molar-refractivity contribution is 5.84. The van der Waals surface area contributed by atoms with Gasteiger partial charge in [0.25, 0.3) is 0 Å². The summed E-state index contributed by atoms with van der Waals surface area (Å²) in [5.41, 5.74) is 0. The molecule has 0 heterocycles. The van der Waals surface area contributed by atoms with Gasteiger partial charge in [0.05, 0.1) is 6.54 Å². The van der Waals surface area contributed by atoms with Crippen LogP contribution >= 0.6 is 0 Å². The Bertz CT molecular complexity index is 199. The lowest BCUT2D eigenvalue weighted by Gasteiger charge is -2.21. The van der Waals surface area contributed by atoms with E-state index < -0.39 is 0 Å². The van der Waals surface area contributed by atoms with Crippen molar-refractivity contribution >= 4 is 11.8 Å². The monoisotopic (exact) mass is 214 g/mol. The van der Waals surface area contributed by atoms with Gasteiger partial charge in [0.2, 0.25) is 11.8 Å². The highest BCUT2D eigenvalue weighted by atomic mass is 16.2. The number of carbonyl (C=O) groups is 2. The number of hydrogen-bond acceptors (Lipinski definition) is 2. The average molecular weight is 214 g/mol. The fourth-order valence-corrected chi connectivity index (χ4v) is 1.31. The molecule has 0 spiro atoms. The second kappa shape index (κ2) is 8.26. The molecule has 15 heavy (non-hydrogen) atoms.